The maximum Gasteiger partial charge on any atom is 0.280 e. The number of nitrogens with zero attached hydrogens (tertiary/aromatic N) is 2. The fraction of sp³-hybridized carbons (Fsp3) is 0.531. The average Bonchev–Trinajstić information content (AvgIpc) is 3.42. The highest BCUT2D eigenvalue weighted by molar-refractivity contribution is 7.89. The summed E-state index contributed by atoms with van der Waals surface area (Å²) in [5.41, 5.74) is 0.346. The summed E-state index contributed by atoms with van der Waals surface area (Å²) in [6.45, 7) is 9.16. The van der Waals surface area contributed by atoms with Crippen LogP contribution in [0.2, 0.25) is 0 Å². The lowest BCUT2D eigenvalue weighted by molar-refractivity contribution is 0.0692. The lowest BCUT2D eigenvalue weighted by atomic mass is 9.95. The number of amides is 2. The number of piperidine rings is 1. The van der Waals surface area contributed by atoms with Crippen LogP contribution >= 0.6 is 11.3 Å². The summed E-state index contributed by atoms with van der Waals surface area (Å²) in [5, 5.41) is 4.65. The van der Waals surface area contributed by atoms with E-state index in [1.807, 2.05) is 43.9 Å². The van der Waals surface area contributed by atoms with Crippen molar-refractivity contribution in [2.24, 2.45) is 5.92 Å². The smallest absolute Gasteiger partial charge is 0.280 e. The SMILES string of the molecule is CCC(C)(C)NS(=O)(=O)c1ccc(-c2sc(C(=O)NC3CCCCC3)nc2C(=O)N2CCC(C)CC2)c2ccccc12. The first-order valence-corrected chi connectivity index (χ1v) is 17.5. The molecule has 42 heavy (non-hydrogen) atoms. The number of carbonyl (C=O) groups excluding carboxylic acids is 2. The van der Waals surface area contributed by atoms with E-state index in [0.29, 0.717) is 46.6 Å². The number of hydrogen-bond donors (Lipinski definition) is 2. The van der Waals surface area contributed by atoms with Crippen LogP contribution in [-0.2, 0) is 10.0 Å². The Morgan fingerprint density at radius 1 is 1.00 bits per heavy atom. The first-order chi connectivity index (χ1) is 20.0. The molecular weight excluding hydrogens is 569 g/mol. The van der Waals surface area contributed by atoms with Gasteiger partial charge in [0.15, 0.2) is 5.01 Å². The Morgan fingerprint density at radius 2 is 1.67 bits per heavy atom. The maximum absolute atomic E-state index is 13.9. The number of fused-ring (bicyclic) bond motifs is 1. The van der Waals surface area contributed by atoms with E-state index in [4.69, 9.17) is 0 Å². The number of rotatable bonds is 8. The molecule has 1 saturated heterocycles. The standard InChI is InChI=1S/C32H42N4O4S2/c1-5-32(3,4)35-42(39,40)26-16-15-25(23-13-9-10-14-24(23)26)28-27(31(38)36-19-17-21(2)18-20-36)34-30(41-28)29(37)33-22-11-7-6-8-12-22/h9-10,13-16,21-22,35H,5-8,11-12,17-20H2,1-4H3,(H,33,37). The number of nitrogens with one attached hydrogen (secondary N) is 2. The summed E-state index contributed by atoms with van der Waals surface area (Å²) < 4.78 is 29.9. The molecule has 1 aliphatic carbocycles. The molecule has 2 aliphatic rings. The van der Waals surface area contributed by atoms with Crippen molar-refractivity contribution >= 4 is 43.9 Å². The first kappa shape index (κ1) is 30.6. The second-order valence-corrected chi connectivity index (χ2v) is 15.1. The number of carbonyl (C=O) groups is 2. The highest BCUT2D eigenvalue weighted by Gasteiger charge is 2.31. The number of sulfonamides is 1. The number of likely N-dealkylation sites (tertiary alicyclic amines) is 1. The average molecular weight is 611 g/mol. The van der Waals surface area contributed by atoms with Gasteiger partial charge in [0.05, 0.1) is 9.77 Å². The Balaban J connectivity index is 1.59. The molecule has 0 unspecified atom stereocenters. The van der Waals surface area contributed by atoms with Gasteiger partial charge < -0.3 is 10.2 Å². The minimum Gasteiger partial charge on any atom is -0.347 e. The third-order valence-corrected chi connectivity index (χ3v) is 11.6. The molecule has 0 atom stereocenters. The van der Waals surface area contributed by atoms with E-state index >= 15 is 0 Å². The van der Waals surface area contributed by atoms with Gasteiger partial charge in [0.2, 0.25) is 10.0 Å². The van der Waals surface area contributed by atoms with Gasteiger partial charge in [0, 0.05) is 35.6 Å². The first-order valence-electron chi connectivity index (χ1n) is 15.2. The molecule has 2 heterocycles. The lowest BCUT2D eigenvalue weighted by Crippen LogP contribution is -2.42. The van der Waals surface area contributed by atoms with Crippen LogP contribution in [-0.4, -0.2) is 54.8 Å². The number of aromatic nitrogens is 1. The summed E-state index contributed by atoms with van der Waals surface area (Å²) in [4.78, 5) is 34.6. The van der Waals surface area contributed by atoms with Crippen LogP contribution in [0.3, 0.4) is 0 Å². The molecule has 3 aromatic rings. The zero-order valence-electron chi connectivity index (χ0n) is 25.0. The van der Waals surface area contributed by atoms with Crippen molar-refractivity contribution in [2.45, 2.75) is 95.5 Å². The zero-order chi connectivity index (χ0) is 30.1. The molecule has 2 amide bonds. The van der Waals surface area contributed by atoms with Gasteiger partial charge in [-0.05, 0) is 63.3 Å². The van der Waals surface area contributed by atoms with Gasteiger partial charge in [-0.25, -0.2) is 18.1 Å². The number of thiazole rings is 1. The molecule has 2 fully saturated rings. The van der Waals surface area contributed by atoms with Crippen LogP contribution in [0.4, 0.5) is 0 Å². The summed E-state index contributed by atoms with van der Waals surface area (Å²) in [5.74, 6) is 0.122. The monoisotopic (exact) mass is 610 g/mol. The molecule has 1 aliphatic heterocycles. The van der Waals surface area contributed by atoms with E-state index in [2.05, 4.69) is 21.9 Å². The van der Waals surface area contributed by atoms with Crippen molar-refractivity contribution in [3.05, 3.63) is 47.1 Å². The van der Waals surface area contributed by atoms with Gasteiger partial charge in [-0.3, -0.25) is 9.59 Å². The van der Waals surface area contributed by atoms with E-state index in [9.17, 15) is 18.0 Å². The van der Waals surface area contributed by atoms with E-state index < -0.39 is 15.6 Å². The van der Waals surface area contributed by atoms with Crippen molar-refractivity contribution < 1.29 is 18.0 Å². The van der Waals surface area contributed by atoms with Crippen LogP contribution in [0.25, 0.3) is 21.2 Å². The van der Waals surface area contributed by atoms with Crippen molar-refractivity contribution in [2.75, 3.05) is 13.1 Å². The summed E-state index contributed by atoms with van der Waals surface area (Å²) >= 11 is 1.21. The normalized spacial score (nSPS) is 17.5. The molecule has 0 bridgehead atoms. The minimum atomic E-state index is -3.83. The van der Waals surface area contributed by atoms with Gasteiger partial charge in [0.25, 0.3) is 11.8 Å². The van der Waals surface area contributed by atoms with E-state index in [-0.39, 0.29) is 33.5 Å². The lowest BCUT2D eigenvalue weighted by Gasteiger charge is -2.30. The molecule has 2 aromatic carbocycles. The maximum atomic E-state index is 13.9. The van der Waals surface area contributed by atoms with Gasteiger partial charge in [-0.1, -0.05) is 63.4 Å². The fourth-order valence-corrected chi connectivity index (χ4v) is 8.49. The number of benzene rings is 2. The third kappa shape index (κ3) is 6.55. The van der Waals surface area contributed by atoms with Crippen molar-refractivity contribution in [1.82, 2.24) is 19.9 Å². The van der Waals surface area contributed by atoms with E-state index in [0.717, 1.165) is 38.5 Å². The topological polar surface area (TPSA) is 108 Å². The Labute approximate surface area is 253 Å². The van der Waals surface area contributed by atoms with Gasteiger partial charge in [-0.2, -0.15) is 0 Å². The van der Waals surface area contributed by atoms with Gasteiger partial charge in [0.1, 0.15) is 5.69 Å². The second-order valence-electron chi connectivity index (χ2n) is 12.5. The molecule has 8 nitrogen and oxygen atoms in total. The Bertz CT molecular complexity index is 1570. The molecular formula is C32H42N4O4S2. The Kier molecular flexibility index (Phi) is 9.06. The Hall–Kier alpha value is -2.82. The van der Waals surface area contributed by atoms with Crippen LogP contribution in [0.5, 0.6) is 0 Å². The van der Waals surface area contributed by atoms with Crippen LogP contribution in [0.15, 0.2) is 41.3 Å². The molecule has 1 aromatic heterocycles. The zero-order valence-corrected chi connectivity index (χ0v) is 26.7. The second kappa shape index (κ2) is 12.4. The molecule has 0 spiro atoms. The Morgan fingerprint density at radius 3 is 2.33 bits per heavy atom. The van der Waals surface area contributed by atoms with Gasteiger partial charge in [-0.15, -0.1) is 11.3 Å². The van der Waals surface area contributed by atoms with Crippen LogP contribution in [0.1, 0.15) is 99.4 Å². The molecule has 226 valence electrons. The predicted molar refractivity (Wildman–Crippen MR) is 168 cm³/mol. The van der Waals surface area contributed by atoms with E-state index in [1.54, 1.807) is 18.2 Å². The van der Waals surface area contributed by atoms with Crippen molar-refractivity contribution in [1.29, 1.82) is 0 Å². The molecule has 1 saturated carbocycles. The highest BCUT2D eigenvalue weighted by Crippen LogP contribution is 2.39. The van der Waals surface area contributed by atoms with Crippen molar-refractivity contribution in [3.63, 3.8) is 0 Å². The van der Waals surface area contributed by atoms with Crippen LogP contribution in [0, 0.1) is 5.92 Å². The molecule has 0 radical (unpaired) electrons. The summed E-state index contributed by atoms with van der Waals surface area (Å²) in [6.07, 6.45) is 7.76. The quantitative estimate of drug-likeness (QED) is 0.308. The molecule has 2 N–H and O–H groups in total. The molecule has 5 rings (SSSR count). The minimum absolute atomic E-state index is 0.117. The van der Waals surface area contributed by atoms with E-state index in [1.165, 1.54) is 17.8 Å². The third-order valence-electron chi connectivity index (χ3n) is 8.75. The summed E-state index contributed by atoms with van der Waals surface area (Å²) in [7, 11) is -3.83. The highest BCUT2D eigenvalue weighted by atomic mass is 32.2. The number of hydrogen-bond acceptors (Lipinski definition) is 6. The molecule has 10 heteroatoms. The van der Waals surface area contributed by atoms with Crippen LogP contribution < -0.4 is 10.0 Å². The fourth-order valence-electron chi connectivity index (χ4n) is 5.79. The predicted octanol–water partition coefficient (Wildman–Crippen LogP) is 6.36. The largest absolute Gasteiger partial charge is 0.347 e. The van der Waals surface area contributed by atoms with Crippen molar-refractivity contribution in [3.8, 4) is 10.4 Å². The summed E-state index contributed by atoms with van der Waals surface area (Å²) in [6, 6.07) is 10.8. The van der Waals surface area contributed by atoms with Gasteiger partial charge >= 0.3 is 0 Å².